The molecule has 1 rings (SSSR count). The molecule has 0 radical (unpaired) electrons. The van der Waals surface area contributed by atoms with E-state index in [0.29, 0.717) is 30.2 Å². The van der Waals surface area contributed by atoms with Crippen LogP contribution in [0.3, 0.4) is 0 Å². The standard InChI is InChI=1S/C30H47NO10/c1-19(2)11-14-38-29(34)40-25-10-9-23(18-26(25)41-30(35)39-15-12-20(3)4)17-24(28(33)36-8)31-13-16-37-27(32)22(7)21(5)6/h9-10,18-22,24,31H,11-17H2,1-8H3/t22?,24-/m0/s1. The lowest BCUT2D eigenvalue weighted by Crippen LogP contribution is -2.41. The van der Waals surface area contributed by atoms with E-state index in [9.17, 15) is 19.2 Å². The molecule has 232 valence electrons. The van der Waals surface area contributed by atoms with Crippen molar-refractivity contribution in [1.82, 2.24) is 5.32 Å². The zero-order chi connectivity index (χ0) is 30.9. The summed E-state index contributed by atoms with van der Waals surface area (Å²) in [5.41, 5.74) is 0.573. The van der Waals surface area contributed by atoms with Crippen molar-refractivity contribution in [2.45, 2.75) is 73.8 Å². The molecule has 0 fully saturated rings. The molecule has 1 aromatic rings. The van der Waals surface area contributed by atoms with Gasteiger partial charge in [0.1, 0.15) is 12.6 Å². The third kappa shape index (κ3) is 14.7. The lowest BCUT2D eigenvalue weighted by Gasteiger charge is -2.19. The number of rotatable bonds is 17. The number of carbonyl (C=O) groups excluding carboxylic acids is 4. The molecule has 1 aromatic carbocycles. The summed E-state index contributed by atoms with van der Waals surface area (Å²) >= 11 is 0. The van der Waals surface area contributed by atoms with Gasteiger partial charge in [0.2, 0.25) is 0 Å². The molecule has 0 aliphatic heterocycles. The normalized spacial score (nSPS) is 12.6. The zero-order valence-electron chi connectivity index (χ0n) is 25.7. The Morgan fingerprint density at radius 1 is 0.732 bits per heavy atom. The van der Waals surface area contributed by atoms with E-state index in [1.165, 1.54) is 19.2 Å². The quantitative estimate of drug-likeness (QED) is 0.111. The van der Waals surface area contributed by atoms with Gasteiger partial charge in [-0.3, -0.25) is 9.59 Å². The van der Waals surface area contributed by atoms with Crippen LogP contribution in [0, 0.1) is 23.7 Å². The third-order valence-corrected chi connectivity index (χ3v) is 6.26. The Morgan fingerprint density at radius 2 is 1.29 bits per heavy atom. The molecule has 0 aliphatic rings. The molecule has 0 amide bonds. The van der Waals surface area contributed by atoms with E-state index in [-0.39, 0.29) is 62.1 Å². The third-order valence-electron chi connectivity index (χ3n) is 6.26. The molecule has 0 spiro atoms. The van der Waals surface area contributed by atoms with E-state index >= 15 is 0 Å². The van der Waals surface area contributed by atoms with Gasteiger partial charge in [-0.15, -0.1) is 0 Å². The summed E-state index contributed by atoms with van der Waals surface area (Å²) in [5.74, 6) is -0.375. The number of carbonyl (C=O) groups is 4. The van der Waals surface area contributed by atoms with E-state index in [1.807, 2.05) is 41.5 Å². The van der Waals surface area contributed by atoms with E-state index in [4.69, 9.17) is 28.4 Å². The number of hydrogen-bond acceptors (Lipinski definition) is 11. The van der Waals surface area contributed by atoms with Gasteiger partial charge in [0.15, 0.2) is 11.5 Å². The van der Waals surface area contributed by atoms with E-state index in [0.717, 1.165) is 0 Å². The van der Waals surface area contributed by atoms with Crippen molar-refractivity contribution in [2.75, 3.05) is 33.5 Å². The van der Waals surface area contributed by atoms with Crippen LogP contribution in [0.15, 0.2) is 18.2 Å². The second kappa shape index (κ2) is 18.9. The van der Waals surface area contributed by atoms with Crippen LogP contribution in [0.4, 0.5) is 9.59 Å². The summed E-state index contributed by atoms with van der Waals surface area (Å²) in [5, 5.41) is 3.03. The van der Waals surface area contributed by atoms with Crippen LogP contribution in [-0.4, -0.2) is 63.8 Å². The van der Waals surface area contributed by atoms with Crippen LogP contribution in [0.2, 0.25) is 0 Å². The van der Waals surface area contributed by atoms with Gasteiger partial charge in [-0.2, -0.15) is 0 Å². The smallest absolute Gasteiger partial charge is 0.468 e. The summed E-state index contributed by atoms with van der Waals surface area (Å²) in [4.78, 5) is 49.1. The van der Waals surface area contributed by atoms with E-state index in [2.05, 4.69) is 5.32 Å². The molecule has 2 atom stereocenters. The van der Waals surface area contributed by atoms with Crippen molar-refractivity contribution in [1.29, 1.82) is 0 Å². The number of methoxy groups -OCH3 is 1. The number of ether oxygens (including phenoxy) is 6. The maximum atomic E-state index is 12.5. The lowest BCUT2D eigenvalue weighted by atomic mass is 9.99. The molecular formula is C30H47NO10. The highest BCUT2D eigenvalue weighted by Gasteiger charge is 2.23. The van der Waals surface area contributed by atoms with Crippen LogP contribution >= 0.6 is 0 Å². The van der Waals surface area contributed by atoms with Crippen molar-refractivity contribution in [2.24, 2.45) is 23.7 Å². The molecule has 1 unspecified atom stereocenters. The van der Waals surface area contributed by atoms with Gasteiger partial charge in [-0.05, 0) is 54.7 Å². The Bertz CT molecular complexity index is 976. The predicted octanol–water partition coefficient (Wildman–Crippen LogP) is 5.32. The minimum atomic E-state index is -0.957. The van der Waals surface area contributed by atoms with Gasteiger partial charge in [-0.1, -0.05) is 54.5 Å². The Labute approximate surface area is 243 Å². The van der Waals surface area contributed by atoms with E-state index in [1.54, 1.807) is 13.0 Å². The Balaban J connectivity index is 2.98. The van der Waals surface area contributed by atoms with Gasteiger partial charge in [0.25, 0.3) is 0 Å². The number of nitrogens with one attached hydrogen (secondary N) is 1. The average Bonchev–Trinajstić information content (AvgIpc) is 2.90. The van der Waals surface area contributed by atoms with Crippen molar-refractivity contribution in [3.8, 4) is 11.5 Å². The first kappa shape index (κ1) is 35.7. The molecule has 0 saturated carbocycles. The van der Waals surface area contributed by atoms with Gasteiger partial charge >= 0.3 is 24.2 Å². The second-order valence-corrected chi connectivity index (χ2v) is 11.0. The molecule has 0 saturated heterocycles. The average molecular weight is 582 g/mol. The highest BCUT2D eigenvalue weighted by Crippen LogP contribution is 2.30. The van der Waals surface area contributed by atoms with Crippen LogP contribution in [0.1, 0.15) is 66.9 Å². The fourth-order valence-corrected chi connectivity index (χ4v) is 3.24. The number of hydrogen-bond donors (Lipinski definition) is 1. The minimum Gasteiger partial charge on any atom is -0.468 e. The Hall–Kier alpha value is -3.34. The van der Waals surface area contributed by atoms with Crippen LogP contribution in [-0.2, 0) is 35.0 Å². The van der Waals surface area contributed by atoms with Gasteiger partial charge < -0.3 is 33.7 Å². The van der Waals surface area contributed by atoms with Crippen LogP contribution in [0.5, 0.6) is 11.5 Å². The van der Waals surface area contributed by atoms with Gasteiger partial charge in [0.05, 0.1) is 26.2 Å². The summed E-state index contributed by atoms with van der Waals surface area (Å²) in [6.07, 6.45) is -0.440. The fourth-order valence-electron chi connectivity index (χ4n) is 3.24. The molecular weight excluding hydrogens is 534 g/mol. The highest BCUT2D eigenvalue weighted by atomic mass is 16.7. The van der Waals surface area contributed by atoms with Crippen molar-refractivity contribution in [3.63, 3.8) is 0 Å². The molecule has 0 aliphatic carbocycles. The van der Waals surface area contributed by atoms with Gasteiger partial charge in [-0.25, -0.2) is 9.59 Å². The molecule has 1 N–H and O–H groups in total. The molecule has 41 heavy (non-hydrogen) atoms. The summed E-state index contributed by atoms with van der Waals surface area (Å²) in [6, 6.07) is 3.75. The Morgan fingerprint density at radius 3 is 1.80 bits per heavy atom. The maximum Gasteiger partial charge on any atom is 0.513 e. The Kier molecular flexibility index (Phi) is 16.5. The van der Waals surface area contributed by atoms with Gasteiger partial charge in [0, 0.05) is 6.54 Å². The number of benzene rings is 1. The molecule has 0 heterocycles. The van der Waals surface area contributed by atoms with E-state index < -0.39 is 24.3 Å². The van der Waals surface area contributed by atoms with Crippen LogP contribution in [0.25, 0.3) is 0 Å². The second-order valence-electron chi connectivity index (χ2n) is 11.0. The number of esters is 2. The highest BCUT2D eigenvalue weighted by molar-refractivity contribution is 5.76. The fraction of sp³-hybridized carbons (Fsp3) is 0.667. The molecule has 11 heteroatoms. The molecule has 0 bridgehead atoms. The maximum absolute atomic E-state index is 12.5. The monoisotopic (exact) mass is 581 g/mol. The molecule has 0 aromatic heterocycles. The first-order chi connectivity index (χ1) is 19.3. The summed E-state index contributed by atoms with van der Waals surface area (Å²) in [6.45, 7) is 14.3. The van der Waals surface area contributed by atoms with Crippen molar-refractivity contribution in [3.05, 3.63) is 23.8 Å². The summed E-state index contributed by atoms with van der Waals surface area (Å²) < 4.78 is 31.1. The first-order valence-corrected chi connectivity index (χ1v) is 14.1. The largest absolute Gasteiger partial charge is 0.513 e. The summed E-state index contributed by atoms with van der Waals surface area (Å²) in [7, 11) is 1.27. The lowest BCUT2D eigenvalue weighted by molar-refractivity contribution is -0.149. The molecule has 11 nitrogen and oxygen atoms in total. The zero-order valence-corrected chi connectivity index (χ0v) is 25.7. The minimum absolute atomic E-state index is 0.0436. The first-order valence-electron chi connectivity index (χ1n) is 14.1. The predicted molar refractivity (Wildman–Crippen MR) is 152 cm³/mol. The van der Waals surface area contributed by atoms with Crippen molar-refractivity contribution >= 4 is 24.2 Å². The topological polar surface area (TPSA) is 136 Å². The SMILES string of the molecule is COC(=O)[C@H](Cc1ccc(OC(=O)OCCC(C)C)c(OC(=O)OCCC(C)C)c1)NCCOC(=O)C(C)C(C)C. The van der Waals surface area contributed by atoms with Crippen LogP contribution < -0.4 is 14.8 Å². The van der Waals surface area contributed by atoms with Crippen molar-refractivity contribution < 1.29 is 47.6 Å².